The van der Waals surface area contributed by atoms with Gasteiger partial charge in [0.15, 0.2) is 0 Å². The molecule has 0 saturated heterocycles. The fraction of sp³-hybridized carbons (Fsp3) is 0.300. The monoisotopic (exact) mass is 232 g/mol. The van der Waals surface area contributed by atoms with Crippen LogP contribution in [0, 0.1) is 0 Å². The molecule has 16 heavy (non-hydrogen) atoms. The molecule has 4 nitrogen and oxygen atoms in total. The summed E-state index contributed by atoms with van der Waals surface area (Å²) in [5.74, 6) is -0.957. The van der Waals surface area contributed by atoms with Crippen molar-refractivity contribution in [2.24, 2.45) is 0 Å². The molecule has 0 atom stereocenters. The highest BCUT2D eigenvalue weighted by Crippen LogP contribution is 2.21. The molecule has 0 aromatic heterocycles. The maximum atomic E-state index is 12.0. The molecule has 1 aliphatic carbocycles. The molecule has 6 heteroatoms. The van der Waals surface area contributed by atoms with E-state index in [1.807, 2.05) is 0 Å². The van der Waals surface area contributed by atoms with Crippen molar-refractivity contribution >= 4 is 5.97 Å². The van der Waals surface area contributed by atoms with Gasteiger partial charge in [-0.05, 0) is 18.2 Å². The van der Waals surface area contributed by atoms with E-state index in [4.69, 9.17) is 9.84 Å². The van der Waals surface area contributed by atoms with Gasteiger partial charge in [-0.2, -0.15) is 8.78 Å². The van der Waals surface area contributed by atoms with Crippen molar-refractivity contribution in [2.45, 2.75) is 13.0 Å². The molecular weight excluding hydrogens is 222 g/mol. The van der Waals surface area contributed by atoms with E-state index in [1.54, 1.807) is 0 Å². The number of rotatable bonds is 4. The second-order valence-electron chi connectivity index (χ2n) is 2.93. The molecule has 0 aromatic rings. The molecule has 0 saturated carbocycles. The van der Waals surface area contributed by atoms with Crippen LogP contribution in [0.5, 0.6) is 0 Å². The molecule has 0 fully saturated rings. The second kappa shape index (κ2) is 5.29. The van der Waals surface area contributed by atoms with Crippen LogP contribution in [0.4, 0.5) is 8.78 Å². The molecule has 1 rings (SSSR count). The molecule has 0 spiro atoms. The van der Waals surface area contributed by atoms with Gasteiger partial charge in [-0.1, -0.05) is 0 Å². The fourth-order valence-electron chi connectivity index (χ4n) is 1.15. The smallest absolute Gasteiger partial charge is 0.387 e. The van der Waals surface area contributed by atoms with Crippen LogP contribution in [0.2, 0.25) is 0 Å². The minimum absolute atomic E-state index is 0.00583. The van der Waals surface area contributed by atoms with Gasteiger partial charge in [0.05, 0.1) is 19.1 Å². The average Bonchev–Trinajstić information content (AvgIpc) is 2.39. The first-order valence-corrected chi connectivity index (χ1v) is 4.36. The lowest BCUT2D eigenvalue weighted by molar-refractivity contribution is -0.132. The maximum absolute atomic E-state index is 12.0. The average molecular weight is 232 g/mol. The van der Waals surface area contributed by atoms with E-state index < -0.39 is 12.6 Å². The number of hydrogen-bond acceptors (Lipinski definition) is 3. The van der Waals surface area contributed by atoms with Crippen LogP contribution < -0.4 is 0 Å². The first kappa shape index (κ1) is 12.2. The summed E-state index contributed by atoms with van der Waals surface area (Å²) in [5, 5.41) is 8.76. The normalized spacial score (nSPS) is 15.9. The van der Waals surface area contributed by atoms with E-state index in [0.29, 0.717) is 0 Å². The van der Waals surface area contributed by atoms with Gasteiger partial charge in [0, 0.05) is 0 Å². The number of ether oxygens (including phenoxy) is 2. The first-order chi connectivity index (χ1) is 7.52. The van der Waals surface area contributed by atoms with Crippen molar-refractivity contribution < 1.29 is 28.2 Å². The van der Waals surface area contributed by atoms with Gasteiger partial charge in [0.1, 0.15) is 11.5 Å². The van der Waals surface area contributed by atoms with Crippen LogP contribution in [-0.2, 0) is 14.3 Å². The Hall–Kier alpha value is -1.85. The summed E-state index contributed by atoms with van der Waals surface area (Å²) in [4.78, 5) is 10.7. The molecule has 0 unspecified atom stereocenters. The highest BCUT2D eigenvalue weighted by molar-refractivity contribution is 5.90. The van der Waals surface area contributed by atoms with Crippen molar-refractivity contribution in [3.8, 4) is 0 Å². The number of carboxylic acid groups (broad SMARTS) is 1. The number of hydrogen-bond donors (Lipinski definition) is 1. The third-order valence-corrected chi connectivity index (χ3v) is 1.86. The third kappa shape index (κ3) is 3.38. The molecular formula is C10H10F2O4. The number of allylic oxidation sites excluding steroid dienone is 2. The Bertz CT molecular complexity index is 369. The SMILES string of the molecule is COC1=CC(C(=O)O)=CC=C(OC(F)F)C1. The van der Waals surface area contributed by atoms with Gasteiger partial charge in [-0.25, -0.2) is 4.79 Å². The van der Waals surface area contributed by atoms with Crippen LogP contribution in [0.1, 0.15) is 6.42 Å². The highest BCUT2D eigenvalue weighted by Gasteiger charge is 2.15. The summed E-state index contributed by atoms with van der Waals surface area (Å²) in [5.41, 5.74) is -0.0512. The molecule has 0 bridgehead atoms. The Labute approximate surface area is 90.5 Å². The zero-order chi connectivity index (χ0) is 12.1. The largest absolute Gasteiger partial charge is 0.501 e. The molecule has 0 radical (unpaired) electrons. The Morgan fingerprint density at radius 1 is 1.44 bits per heavy atom. The van der Waals surface area contributed by atoms with E-state index in [9.17, 15) is 13.6 Å². The lowest BCUT2D eigenvalue weighted by atomic mass is 10.2. The molecule has 1 N–H and O–H groups in total. The quantitative estimate of drug-likeness (QED) is 0.805. The van der Waals surface area contributed by atoms with E-state index >= 15 is 0 Å². The summed E-state index contributed by atoms with van der Waals surface area (Å²) in [6.07, 6.45) is 3.64. The summed E-state index contributed by atoms with van der Waals surface area (Å²) in [6.45, 7) is -2.94. The van der Waals surface area contributed by atoms with Crippen molar-refractivity contribution in [3.63, 3.8) is 0 Å². The molecule has 0 amide bonds. The summed E-state index contributed by atoms with van der Waals surface area (Å²) >= 11 is 0. The zero-order valence-electron chi connectivity index (χ0n) is 8.44. The van der Waals surface area contributed by atoms with Crippen molar-refractivity contribution in [1.82, 2.24) is 0 Å². The molecule has 0 heterocycles. The number of halogens is 2. The van der Waals surface area contributed by atoms with E-state index in [1.165, 1.54) is 25.3 Å². The number of aliphatic carboxylic acids is 1. The number of carboxylic acids is 1. The molecule has 0 aliphatic heterocycles. The van der Waals surface area contributed by atoms with Crippen molar-refractivity contribution in [3.05, 3.63) is 35.3 Å². The van der Waals surface area contributed by atoms with E-state index in [0.717, 1.165) is 0 Å². The Morgan fingerprint density at radius 2 is 2.12 bits per heavy atom. The Balaban J connectivity index is 2.93. The van der Waals surface area contributed by atoms with Gasteiger partial charge in [0.2, 0.25) is 0 Å². The van der Waals surface area contributed by atoms with Gasteiger partial charge >= 0.3 is 12.6 Å². The van der Waals surface area contributed by atoms with Crippen LogP contribution >= 0.6 is 0 Å². The Kier molecular flexibility index (Phi) is 4.04. The molecule has 88 valence electrons. The maximum Gasteiger partial charge on any atom is 0.387 e. The Morgan fingerprint density at radius 3 is 2.62 bits per heavy atom. The number of alkyl halides is 2. The minimum Gasteiger partial charge on any atom is -0.501 e. The van der Waals surface area contributed by atoms with Gasteiger partial charge in [0.25, 0.3) is 0 Å². The topological polar surface area (TPSA) is 55.8 Å². The first-order valence-electron chi connectivity index (χ1n) is 4.36. The lowest BCUT2D eigenvalue weighted by Crippen LogP contribution is -2.01. The van der Waals surface area contributed by atoms with Crippen molar-refractivity contribution in [1.29, 1.82) is 0 Å². The second-order valence-corrected chi connectivity index (χ2v) is 2.93. The molecule has 1 aliphatic rings. The van der Waals surface area contributed by atoms with Gasteiger partial charge in [-0.3, -0.25) is 0 Å². The summed E-state index contributed by atoms with van der Waals surface area (Å²) < 4.78 is 33.0. The van der Waals surface area contributed by atoms with Crippen LogP contribution in [0.25, 0.3) is 0 Å². The number of methoxy groups -OCH3 is 1. The highest BCUT2D eigenvalue weighted by atomic mass is 19.3. The third-order valence-electron chi connectivity index (χ3n) is 1.86. The fourth-order valence-corrected chi connectivity index (χ4v) is 1.15. The van der Waals surface area contributed by atoms with Gasteiger partial charge in [-0.15, -0.1) is 0 Å². The minimum atomic E-state index is -2.94. The van der Waals surface area contributed by atoms with Crippen molar-refractivity contribution in [2.75, 3.05) is 7.11 Å². The summed E-state index contributed by atoms with van der Waals surface area (Å²) in [7, 11) is 1.33. The zero-order valence-corrected chi connectivity index (χ0v) is 8.44. The molecule has 0 aromatic carbocycles. The summed E-state index contributed by atoms with van der Waals surface area (Å²) in [6, 6.07) is 0. The predicted molar refractivity (Wildman–Crippen MR) is 50.6 cm³/mol. The van der Waals surface area contributed by atoms with Crippen LogP contribution in [0.15, 0.2) is 35.3 Å². The standard InChI is InChI=1S/C10H10F2O4/c1-15-8-4-6(9(13)14)2-3-7(5-8)16-10(11)12/h2-4,10H,5H2,1H3,(H,13,14). The predicted octanol–water partition coefficient (Wildman–Crippen LogP) is 2.05. The van der Waals surface area contributed by atoms with E-state index in [-0.39, 0.29) is 23.5 Å². The van der Waals surface area contributed by atoms with Gasteiger partial charge < -0.3 is 14.6 Å². The number of carbonyl (C=O) groups is 1. The van der Waals surface area contributed by atoms with E-state index in [2.05, 4.69) is 4.74 Å². The van der Waals surface area contributed by atoms with Crippen LogP contribution in [0.3, 0.4) is 0 Å². The van der Waals surface area contributed by atoms with Crippen LogP contribution in [-0.4, -0.2) is 24.8 Å². The lowest BCUT2D eigenvalue weighted by Gasteiger charge is -2.09.